The maximum Gasteiger partial charge on any atom is 0.339 e. The van der Waals surface area contributed by atoms with E-state index in [4.69, 9.17) is 19.2 Å². The number of nitrogens with zero attached hydrogens (tertiary/aromatic N) is 1. The second kappa shape index (κ2) is 8.87. The van der Waals surface area contributed by atoms with E-state index < -0.39 is 5.97 Å². The quantitative estimate of drug-likeness (QED) is 0.295. The number of carbonyl (C=O) groups excluding carboxylic acids is 2. The van der Waals surface area contributed by atoms with Gasteiger partial charge in [-0.1, -0.05) is 48.5 Å². The van der Waals surface area contributed by atoms with E-state index in [0.717, 1.165) is 35.0 Å². The van der Waals surface area contributed by atoms with Gasteiger partial charge in [-0.05, 0) is 60.6 Å². The van der Waals surface area contributed by atoms with Crippen LogP contribution in [0.4, 0.5) is 0 Å². The molecule has 0 spiro atoms. The van der Waals surface area contributed by atoms with E-state index in [-0.39, 0.29) is 19.2 Å². The van der Waals surface area contributed by atoms with Gasteiger partial charge in [0.25, 0.3) is 0 Å². The highest BCUT2D eigenvalue weighted by molar-refractivity contribution is 6.06. The molecule has 2 aliphatic rings. The Morgan fingerprint density at radius 2 is 1.74 bits per heavy atom. The number of rotatable bonds is 5. The highest BCUT2D eigenvalue weighted by atomic mass is 16.7. The lowest BCUT2D eigenvalue weighted by molar-refractivity contribution is 0.0475. The smallest absolute Gasteiger partial charge is 0.339 e. The monoisotopic (exact) mass is 465 g/mol. The zero-order chi connectivity index (χ0) is 23.8. The zero-order valence-corrected chi connectivity index (χ0v) is 19.0. The Morgan fingerprint density at radius 1 is 0.943 bits per heavy atom. The van der Waals surface area contributed by atoms with Crippen molar-refractivity contribution in [1.82, 2.24) is 4.98 Å². The number of carbonyl (C=O) groups is 2. The second-order valence-corrected chi connectivity index (χ2v) is 8.85. The Morgan fingerprint density at radius 3 is 2.63 bits per heavy atom. The summed E-state index contributed by atoms with van der Waals surface area (Å²) >= 11 is 0. The van der Waals surface area contributed by atoms with Gasteiger partial charge < -0.3 is 14.2 Å². The molecule has 1 atom stereocenters. The molecule has 2 heterocycles. The number of hydrogen-bond donors (Lipinski definition) is 0. The number of aryl methyl sites for hydroxylation is 1. The third kappa shape index (κ3) is 4.01. The van der Waals surface area contributed by atoms with E-state index in [1.807, 2.05) is 42.5 Å². The molecule has 0 saturated carbocycles. The second-order valence-electron chi connectivity index (χ2n) is 8.85. The largest absolute Gasteiger partial charge is 0.454 e. The molecule has 1 aliphatic heterocycles. The SMILES string of the molecule is O=C(COC(=O)c1c2c(nc3ccccc13)CCC(c1ccccc1)C2)c1ccc2c(c1)OCO2. The number of aromatic nitrogens is 1. The van der Waals surface area contributed by atoms with Crippen LogP contribution in [0, 0.1) is 0 Å². The van der Waals surface area contributed by atoms with E-state index in [1.165, 1.54) is 5.56 Å². The van der Waals surface area contributed by atoms with Crippen LogP contribution in [0.1, 0.15) is 49.9 Å². The number of pyridine rings is 1. The van der Waals surface area contributed by atoms with Crippen LogP contribution < -0.4 is 9.47 Å². The van der Waals surface area contributed by atoms with E-state index in [9.17, 15) is 9.59 Å². The average Bonchev–Trinajstić information content (AvgIpc) is 3.38. The van der Waals surface area contributed by atoms with Gasteiger partial charge in [0.05, 0.1) is 11.1 Å². The molecule has 35 heavy (non-hydrogen) atoms. The van der Waals surface area contributed by atoms with Crippen molar-refractivity contribution in [3.8, 4) is 11.5 Å². The van der Waals surface area contributed by atoms with E-state index in [2.05, 4.69) is 12.1 Å². The minimum absolute atomic E-state index is 0.131. The molecule has 0 bridgehead atoms. The number of Topliss-reactive ketones (excluding diaryl/α,β-unsaturated/α-hetero) is 1. The molecule has 6 rings (SSSR count). The van der Waals surface area contributed by atoms with Crippen LogP contribution >= 0.6 is 0 Å². The first-order valence-electron chi connectivity index (χ1n) is 11.7. The molecule has 0 fully saturated rings. The summed E-state index contributed by atoms with van der Waals surface area (Å²) < 4.78 is 16.2. The van der Waals surface area contributed by atoms with E-state index in [0.29, 0.717) is 35.0 Å². The number of ketones is 1. The van der Waals surface area contributed by atoms with Gasteiger partial charge in [-0.15, -0.1) is 0 Å². The first kappa shape index (κ1) is 21.4. The normalized spacial score (nSPS) is 16.1. The van der Waals surface area contributed by atoms with Gasteiger partial charge in [-0.2, -0.15) is 0 Å². The van der Waals surface area contributed by atoms with Crippen LogP contribution in [0.5, 0.6) is 11.5 Å². The van der Waals surface area contributed by atoms with Crippen molar-refractivity contribution in [3.63, 3.8) is 0 Å². The summed E-state index contributed by atoms with van der Waals surface area (Å²) in [6.45, 7) is -0.224. The molecule has 1 aliphatic carbocycles. The number of hydrogen-bond acceptors (Lipinski definition) is 6. The maximum absolute atomic E-state index is 13.4. The van der Waals surface area contributed by atoms with Gasteiger partial charge in [0.15, 0.2) is 23.9 Å². The van der Waals surface area contributed by atoms with E-state index >= 15 is 0 Å². The average molecular weight is 466 g/mol. The topological polar surface area (TPSA) is 74.7 Å². The van der Waals surface area contributed by atoms with Crippen molar-refractivity contribution < 1.29 is 23.8 Å². The fraction of sp³-hybridized carbons (Fsp3) is 0.207. The van der Waals surface area contributed by atoms with E-state index in [1.54, 1.807) is 18.2 Å². The highest BCUT2D eigenvalue weighted by Gasteiger charge is 2.29. The Labute approximate surface area is 202 Å². The molecule has 174 valence electrons. The minimum atomic E-state index is -0.498. The standard InChI is InChI=1S/C29H23NO5/c31-25(20-11-13-26-27(15-20)35-17-34-26)16-33-29(32)28-21-8-4-5-9-23(21)30-24-12-10-19(14-22(24)28)18-6-2-1-3-7-18/h1-9,11,13,15,19H,10,12,14,16-17H2. The molecule has 0 saturated heterocycles. The molecule has 3 aromatic carbocycles. The van der Waals surface area contributed by atoms with Crippen LogP contribution in [0.2, 0.25) is 0 Å². The molecule has 1 unspecified atom stereocenters. The van der Waals surface area contributed by atoms with Crippen LogP contribution in [0.25, 0.3) is 10.9 Å². The molecular weight excluding hydrogens is 442 g/mol. The van der Waals surface area contributed by atoms with Gasteiger partial charge in [-0.3, -0.25) is 9.78 Å². The van der Waals surface area contributed by atoms with Crippen molar-refractivity contribution in [1.29, 1.82) is 0 Å². The molecule has 0 amide bonds. The fourth-order valence-electron chi connectivity index (χ4n) is 4.99. The molecule has 1 aromatic heterocycles. The predicted octanol–water partition coefficient (Wildman–Crippen LogP) is 5.28. The zero-order valence-electron chi connectivity index (χ0n) is 19.0. The number of benzene rings is 3. The number of esters is 1. The Balaban J connectivity index is 1.30. The predicted molar refractivity (Wildman–Crippen MR) is 130 cm³/mol. The number of fused-ring (bicyclic) bond motifs is 3. The summed E-state index contributed by atoms with van der Waals surface area (Å²) in [6.07, 6.45) is 2.47. The molecular formula is C29H23NO5. The van der Waals surface area contributed by atoms with Gasteiger partial charge in [-0.25, -0.2) is 4.79 Å². The first-order chi connectivity index (χ1) is 17.2. The minimum Gasteiger partial charge on any atom is -0.454 e. The number of ether oxygens (including phenoxy) is 3. The summed E-state index contributed by atoms with van der Waals surface area (Å²) in [6, 6.07) is 22.9. The van der Waals surface area contributed by atoms with Crippen molar-refractivity contribution in [3.05, 3.63) is 101 Å². The summed E-state index contributed by atoms with van der Waals surface area (Å²) in [5, 5.41) is 0.750. The lowest BCUT2D eigenvalue weighted by Gasteiger charge is -2.26. The van der Waals surface area contributed by atoms with Gasteiger partial charge in [0, 0.05) is 16.6 Å². The van der Waals surface area contributed by atoms with Crippen LogP contribution in [0.3, 0.4) is 0 Å². The summed E-state index contributed by atoms with van der Waals surface area (Å²) in [7, 11) is 0. The van der Waals surface area contributed by atoms with Crippen molar-refractivity contribution in [2.24, 2.45) is 0 Å². The van der Waals surface area contributed by atoms with Crippen LogP contribution in [0.15, 0.2) is 72.8 Å². The van der Waals surface area contributed by atoms with Gasteiger partial charge in [0.1, 0.15) is 0 Å². The van der Waals surface area contributed by atoms with Crippen LogP contribution in [-0.4, -0.2) is 30.1 Å². The molecule has 0 N–H and O–H groups in total. The lowest BCUT2D eigenvalue weighted by Crippen LogP contribution is -2.21. The highest BCUT2D eigenvalue weighted by Crippen LogP contribution is 2.37. The summed E-state index contributed by atoms with van der Waals surface area (Å²) in [5.41, 5.74) is 4.80. The van der Waals surface area contributed by atoms with Crippen LogP contribution in [-0.2, 0) is 17.6 Å². The van der Waals surface area contributed by atoms with Crippen molar-refractivity contribution >= 4 is 22.7 Å². The third-order valence-electron chi connectivity index (χ3n) is 6.76. The fourth-order valence-corrected chi connectivity index (χ4v) is 4.99. The Bertz CT molecular complexity index is 1450. The lowest BCUT2D eigenvalue weighted by atomic mass is 9.80. The summed E-state index contributed by atoms with van der Waals surface area (Å²) in [4.78, 5) is 31.1. The Kier molecular flexibility index (Phi) is 5.41. The molecule has 0 radical (unpaired) electrons. The molecule has 4 aromatic rings. The van der Waals surface area contributed by atoms with Gasteiger partial charge in [0.2, 0.25) is 6.79 Å². The maximum atomic E-state index is 13.4. The molecule has 6 heteroatoms. The van der Waals surface area contributed by atoms with Crippen molar-refractivity contribution in [2.45, 2.75) is 25.2 Å². The Hall–Kier alpha value is -4.19. The van der Waals surface area contributed by atoms with Gasteiger partial charge >= 0.3 is 5.97 Å². The summed E-state index contributed by atoms with van der Waals surface area (Å²) in [5.74, 6) is 0.617. The third-order valence-corrected chi connectivity index (χ3v) is 6.76. The first-order valence-corrected chi connectivity index (χ1v) is 11.7. The number of para-hydroxylation sites is 1. The molecule has 6 nitrogen and oxygen atoms in total. The van der Waals surface area contributed by atoms with Crippen molar-refractivity contribution in [2.75, 3.05) is 13.4 Å².